The van der Waals surface area contributed by atoms with Gasteiger partial charge in [-0.3, -0.25) is 4.99 Å². The molecular formula is C19H18N2OS. The van der Waals surface area contributed by atoms with E-state index < -0.39 is 0 Å². The monoisotopic (exact) mass is 322 g/mol. The number of hydrogen-bond donors (Lipinski definition) is 0. The van der Waals surface area contributed by atoms with Crippen LogP contribution in [0.3, 0.4) is 0 Å². The van der Waals surface area contributed by atoms with E-state index in [0.717, 1.165) is 17.5 Å². The molecule has 0 N–H and O–H groups in total. The van der Waals surface area contributed by atoms with Crippen LogP contribution in [0, 0.1) is 5.92 Å². The molecule has 2 aromatic rings. The molecule has 0 aromatic heterocycles. The van der Waals surface area contributed by atoms with Gasteiger partial charge in [-0.1, -0.05) is 30.3 Å². The van der Waals surface area contributed by atoms with Crippen molar-refractivity contribution in [2.24, 2.45) is 10.9 Å². The highest BCUT2D eigenvalue weighted by Crippen LogP contribution is 2.54. The quantitative estimate of drug-likeness (QED) is 0.714. The van der Waals surface area contributed by atoms with Gasteiger partial charge in [0.25, 0.3) is 0 Å². The Labute approximate surface area is 140 Å². The molecule has 0 bridgehead atoms. The van der Waals surface area contributed by atoms with Crippen molar-refractivity contribution in [3.8, 4) is 5.75 Å². The molecule has 0 fully saturated rings. The topological polar surface area (TPSA) is 24.8 Å². The van der Waals surface area contributed by atoms with Crippen LogP contribution in [0.5, 0.6) is 5.75 Å². The van der Waals surface area contributed by atoms with Crippen molar-refractivity contribution >= 4 is 22.6 Å². The molecule has 23 heavy (non-hydrogen) atoms. The summed E-state index contributed by atoms with van der Waals surface area (Å²) >= 11 is 1.79. The van der Waals surface area contributed by atoms with Gasteiger partial charge in [0.15, 0.2) is 5.17 Å². The third-order valence-corrected chi connectivity index (χ3v) is 6.30. The highest BCUT2D eigenvalue weighted by atomic mass is 32.2. The lowest BCUT2D eigenvalue weighted by molar-refractivity contribution is 0.133. The predicted octanol–water partition coefficient (Wildman–Crippen LogP) is 4.50. The molecule has 3 aliphatic rings. The zero-order valence-electron chi connectivity index (χ0n) is 13.2. The number of benzene rings is 2. The smallest absolute Gasteiger partial charge is 0.169 e. The summed E-state index contributed by atoms with van der Waals surface area (Å²) in [4.78, 5) is 8.85. The second-order valence-electron chi connectivity index (χ2n) is 6.87. The maximum Gasteiger partial charge on any atom is 0.169 e. The average molecular weight is 322 g/mol. The Morgan fingerprint density at radius 3 is 2.83 bits per heavy atom. The van der Waals surface area contributed by atoms with Crippen LogP contribution in [0.15, 0.2) is 58.4 Å². The molecule has 5 rings (SSSR count). The van der Waals surface area contributed by atoms with E-state index in [0.29, 0.717) is 5.92 Å². The Morgan fingerprint density at radius 2 is 1.91 bits per heavy atom. The number of amidine groups is 1. The minimum atomic E-state index is -0.0329. The normalized spacial score (nSPS) is 26.3. The van der Waals surface area contributed by atoms with E-state index >= 15 is 0 Å². The van der Waals surface area contributed by atoms with Gasteiger partial charge in [0.2, 0.25) is 0 Å². The van der Waals surface area contributed by atoms with Crippen LogP contribution in [0.2, 0.25) is 0 Å². The summed E-state index contributed by atoms with van der Waals surface area (Å²) in [5.41, 5.74) is 2.47. The third kappa shape index (κ3) is 1.75. The van der Waals surface area contributed by atoms with E-state index in [4.69, 9.17) is 9.73 Å². The summed E-state index contributed by atoms with van der Waals surface area (Å²) in [6.45, 7) is 5.35. The van der Waals surface area contributed by atoms with E-state index in [1.54, 1.807) is 11.8 Å². The van der Waals surface area contributed by atoms with Crippen molar-refractivity contribution in [3.63, 3.8) is 0 Å². The number of fused-ring (bicyclic) bond motifs is 6. The minimum Gasteiger partial charge on any atom is -0.493 e. The first-order valence-electron chi connectivity index (χ1n) is 8.03. The first-order chi connectivity index (χ1) is 11.2. The van der Waals surface area contributed by atoms with Crippen molar-refractivity contribution < 1.29 is 4.74 Å². The number of nitrogens with zero attached hydrogens (tertiary/aromatic N) is 2. The number of ether oxygens (including phenoxy) is 1. The van der Waals surface area contributed by atoms with Crippen LogP contribution >= 0.6 is 11.8 Å². The Balaban J connectivity index is 1.70. The first-order valence-corrected chi connectivity index (χ1v) is 8.84. The molecule has 2 aromatic carbocycles. The van der Waals surface area contributed by atoms with E-state index in [9.17, 15) is 0 Å². The Hall–Kier alpha value is -1.94. The average Bonchev–Trinajstić information content (AvgIpc) is 2.94. The SMILES string of the molecule is CC1(C)[C@H]2COc3ccccc3[C@@H]2N=C2Sc3ccccc3N21. The van der Waals surface area contributed by atoms with Gasteiger partial charge in [-0.2, -0.15) is 0 Å². The van der Waals surface area contributed by atoms with Gasteiger partial charge >= 0.3 is 0 Å². The highest BCUT2D eigenvalue weighted by Gasteiger charge is 2.51. The number of thioether (sulfide) groups is 1. The number of anilines is 1. The van der Waals surface area contributed by atoms with Gasteiger partial charge in [0.1, 0.15) is 5.75 Å². The molecule has 3 nitrogen and oxygen atoms in total. The van der Waals surface area contributed by atoms with Gasteiger partial charge in [0, 0.05) is 21.9 Å². The molecular weight excluding hydrogens is 304 g/mol. The van der Waals surface area contributed by atoms with Gasteiger partial charge in [-0.05, 0) is 43.8 Å². The van der Waals surface area contributed by atoms with E-state index in [1.807, 2.05) is 6.07 Å². The van der Waals surface area contributed by atoms with Crippen LogP contribution in [0.4, 0.5) is 5.69 Å². The Kier molecular flexibility index (Phi) is 2.66. The lowest BCUT2D eigenvalue weighted by atomic mass is 9.76. The van der Waals surface area contributed by atoms with E-state index in [-0.39, 0.29) is 11.6 Å². The number of para-hydroxylation sites is 2. The van der Waals surface area contributed by atoms with E-state index in [2.05, 4.69) is 61.2 Å². The van der Waals surface area contributed by atoms with Crippen LogP contribution in [-0.4, -0.2) is 17.3 Å². The summed E-state index contributed by atoms with van der Waals surface area (Å²) in [6.07, 6.45) is 0. The second-order valence-corrected chi connectivity index (χ2v) is 7.88. The molecule has 0 amide bonds. The fourth-order valence-electron chi connectivity index (χ4n) is 3.99. The van der Waals surface area contributed by atoms with Gasteiger partial charge in [-0.25, -0.2) is 0 Å². The van der Waals surface area contributed by atoms with Crippen LogP contribution in [0.1, 0.15) is 25.5 Å². The van der Waals surface area contributed by atoms with Gasteiger partial charge in [0.05, 0.1) is 18.3 Å². The zero-order valence-corrected chi connectivity index (χ0v) is 14.0. The van der Waals surface area contributed by atoms with Crippen molar-refractivity contribution in [3.05, 3.63) is 54.1 Å². The molecule has 116 valence electrons. The van der Waals surface area contributed by atoms with E-state index in [1.165, 1.54) is 16.1 Å². The molecule has 0 saturated carbocycles. The minimum absolute atomic E-state index is 0.0329. The van der Waals surface area contributed by atoms with Crippen molar-refractivity contribution in [2.45, 2.75) is 30.3 Å². The van der Waals surface area contributed by atoms with Crippen LogP contribution in [0.25, 0.3) is 0 Å². The molecule has 3 heterocycles. The van der Waals surface area contributed by atoms with Gasteiger partial charge in [-0.15, -0.1) is 0 Å². The summed E-state index contributed by atoms with van der Waals surface area (Å²) in [5, 5.41) is 1.12. The fourth-order valence-corrected chi connectivity index (χ4v) is 5.19. The standard InChI is InChI=1S/C19H18N2OS/c1-19(2)13-11-22-15-9-5-3-7-12(15)17(13)20-18-21(19)14-8-4-6-10-16(14)23-18/h3-10,13,17H,11H2,1-2H3/t13-,17-/m0/s1. The van der Waals surface area contributed by atoms with Crippen LogP contribution < -0.4 is 9.64 Å². The highest BCUT2D eigenvalue weighted by molar-refractivity contribution is 8.14. The predicted molar refractivity (Wildman–Crippen MR) is 94.5 cm³/mol. The Morgan fingerprint density at radius 1 is 1.13 bits per heavy atom. The molecule has 0 spiro atoms. The lowest BCUT2D eigenvalue weighted by Crippen LogP contribution is -2.57. The summed E-state index contributed by atoms with van der Waals surface area (Å²) in [6, 6.07) is 17.1. The first kappa shape index (κ1) is 13.5. The number of aliphatic imine (C=N–C) groups is 1. The number of hydrogen-bond acceptors (Lipinski definition) is 4. The molecule has 4 heteroatoms. The van der Waals surface area contributed by atoms with Crippen molar-refractivity contribution in [1.82, 2.24) is 0 Å². The van der Waals surface area contributed by atoms with Crippen LogP contribution in [-0.2, 0) is 0 Å². The molecule has 0 unspecified atom stereocenters. The second kappa shape index (κ2) is 4.54. The molecule has 3 aliphatic heterocycles. The lowest BCUT2D eigenvalue weighted by Gasteiger charge is -2.50. The maximum absolute atomic E-state index is 6.06. The third-order valence-electron chi connectivity index (χ3n) is 5.27. The maximum atomic E-state index is 6.06. The number of rotatable bonds is 0. The molecule has 0 radical (unpaired) electrons. The Bertz CT molecular complexity index is 830. The zero-order chi connectivity index (χ0) is 15.6. The summed E-state index contributed by atoms with van der Waals surface area (Å²) in [7, 11) is 0. The summed E-state index contributed by atoms with van der Waals surface area (Å²) in [5.74, 6) is 1.33. The van der Waals surface area contributed by atoms with Crippen molar-refractivity contribution in [2.75, 3.05) is 11.5 Å². The molecule has 2 atom stereocenters. The molecule has 0 aliphatic carbocycles. The van der Waals surface area contributed by atoms with Crippen molar-refractivity contribution in [1.29, 1.82) is 0 Å². The largest absolute Gasteiger partial charge is 0.493 e. The summed E-state index contributed by atoms with van der Waals surface area (Å²) < 4.78 is 6.06. The van der Waals surface area contributed by atoms with Gasteiger partial charge < -0.3 is 9.64 Å². The molecule has 0 saturated heterocycles. The fraction of sp³-hybridized carbons (Fsp3) is 0.316.